The van der Waals surface area contributed by atoms with Crippen LogP contribution in [0.1, 0.15) is 12.0 Å². The first kappa shape index (κ1) is 16.6. The van der Waals surface area contributed by atoms with Gasteiger partial charge < -0.3 is 11.1 Å². The highest BCUT2D eigenvalue weighted by Gasteiger charge is 2.12. The van der Waals surface area contributed by atoms with E-state index in [1.54, 1.807) is 0 Å². The van der Waals surface area contributed by atoms with Crippen molar-refractivity contribution in [2.75, 3.05) is 19.3 Å². The zero-order chi connectivity index (χ0) is 15.0. The van der Waals surface area contributed by atoms with E-state index in [0.29, 0.717) is 6.42 Å². The van der Waals surface area contributed by atoms with Gasteiger partial charge in [0.05, 0.1) is 12.3 Å². The Morgan fingerprint density at radius 2 is 1.90 bits per heavy atom. The smallest absolute Gasteiger partial charge is 0.236 e. The van der Waals surface area contributed by atoms with Gasteiger partial charge in [0.2, 0.25) is 15.9 Å². The molecule has 20 heavy (non-hydrogen) atoms. The Morgan fingerprint density at radius 3 is 2.50 bits per heavy atom. The fraction of sp³-hybridized carbons (Fsp3) is 0.462. The second-order valence-electron chi connectivity index (χ2n) is 4.59. The van der Waals surface area contributed by atoms with E-state index in [1.807, 2.05) is 30.3 Å². The van der Waals surface area contributed by atoms with E-state index in [-0.39, 0.29) is 19.0 Å². The first-order valence-electron chi connectivity index (χ1n) is 6.40. The number of hydrogen-bond donors (Lipinski definition) is 3. The minimum Gasteiger partial charge on any atom is -0.353 e. The van der Waals surface area contributed by atoms with Crippen LogP contribution in [0.2, 0.25) is 0 Å². The van der Waals surface area contributed by atoms with E-state index in [0.717, 1.165) is 18.2 Å². The predicted molar refractivity (Wildman–Crippen MR) is 78.6 cm³/mol. The molecule has 112 valence electrons. The Balaban J connectivity index is 2.22. The molecule has 1 atom stereocenters. The van der Waals surface area contributed by atoms with Crippen LogP contribution in [0.5, 0.6) is 0 Å². The number of aryl methyl sites for hydroxylation is 1. The van der Waals surface area contributed by atoms with Gasteiger partial charge in [0, 0.05) is 13.1 Å². The van der Waals surface area contributed by atoms with E-state index in [1.165, 1.54) is 0 Å². The van der Waals surface area contributed by atoms with Gasteiger partial charge in [0.1, 0.15) is 0 Å². The van der Waals surface area contributed by atoms with E-state index in [2.05, 4.69) is 10.0 Å². The number of amides is 1. The minimum absolute atomic E-state index is 0.163. The molecule has 1 aromatic rings. The quantitative estimate of drug-likeness (QED) is 0.569. The van der Waals surface area contributed by atoms with Gasteiger partial charge in [-0.3, -0.25) is 4.79 Å². The van der Waals surface area contributed by atoms with Gasteiger partial charge in [0.15, 0.2) is 0 Å². The second kappa shape index (κ2) is 7.98. The first-order chi connectivity index (χ1) is 9.38. The lowest BCUT2D eigenvalue weighted by Crippen LogP contribution is -2.43. The normalized spacial score (nSPS) is 12.9. The van der Waals surface area contributed by atoms with Gasteiger partial charge in [-0.2, -0.15) is 0 Å². The Labute approximate surface area is 119 Å². The van der Waals surface area contributed by atoms with Crippen LogP contribution in [-0.4, -0.2) is 39.7 Å². The van der Waals surface area contributed by atoms with Crippen molar-refractivity contribution in [3.8, 4) is 0 Å². The highest BCUT2D eigenvalue weighted by Crippen LogP contribution is 2.03. The molecular formula is C13H21N3O3S. The summed E-state index contributed by atoms with van der Waals surface area (Å²) < 4.78 is 23.9. The molecule has 0 bridgehead atoms. The van der Waals surface area contributed by atoms with Crippen LogP contribution in [-0.2, 0) is 21.2 Å². The van der Waals surface area contributed by atoms with E-state index in [4.69, 9.17) is 5.73 Å². The maximum absolute atomic E-state index is 11.7. The van der Waals surface area contributed by atoms with Gasteiger partial charge in [-0.25, -0.2) is 13.1 Å². The molecule has 6 nitrogen and oxygen atoms in total. The number of nitrogens with one attached hydrogen (secondary N) is 2. The predicted octanol–water partition coefficient (Wildman–Crippen LogP) is -0.388. The molecule has 4 N–H and O–H groups in total. The molecule has 0 aliphatic heterocycles. The van der Waals surface area contributed by atoms with Crippen molar-refractivity contribution in [2.45, 2.75) is 18.9 Å². The first-order valence-corrected chi connectivity index (χ1v) is 8.29. The van der Waals surface area contributed by atoms with Crippen molar-refractivity contribution < 1.29 is 13.2 Å². The molecule has 0 unspecified atom stereocenters. The Kier molecular flexibility index (Phi) is 6.63. The zero-order valence-electron chi connectivity index (χ0n) is 11.5. The fourth-order valence-corrected chi connectivity index (χ4v) is 2.12. The van der Waals surface area contributed by atoms with Crippen molar-refractivity contribution in [2.24, 2.45) is 5.73 Å². The molecule has 0 saturated heterocycles. The molecule has 0 fully saturated rings. The van der Waals surface area contributed by atoms with Crippen LogP contribution >= 0.6 is 0 Å². The molecule has 0 radical (unpaired) electrons. The average Bonchev–Trinajstić information content (AvgIpc) is 2.40. The molecule has 1 amide bonds. The van der Waals surface area contributed by atoms with Crippen LogP contribution in [0.4, 0.5) is 0 Å². The van der Waals surface area contributed by atoms with Crippen LogP contribution in [0, 0.1) is 0 Å². The molecule has 1 rings (SSSR count). The van der Waals surface area contributed by atoms with Crippen LogP contribution in [0.15, 0.2) is 30.3 Å². The summed E-state index contributed by atoms with van der Waals surface area (Å²) in [6.07, 6.45) is 2.35. The molecule has 0 aliphatic rings. The van der Waals surface area contributed by atoms with Gasteiger partial charge in [-0.05, 0) is 18.4 Å². The molecule has 0 spiro atoms. The molecule has 0 aliphatic carbocycles. The third-order valence-corrected chi connectivity index (χ3v) is 3.44. The van der Waals surface area contributed by atoms with Gasteiger partial charge in [-0.1, -0.05) is 30.3 Å². The molecule has 1 aromatic carbocycles. The van der Waals surface area contributed by atoms with E-state index in [9.17, 15) is 13.2 Å². The number of carbonyl (C=O) groups is 1. The highest BCUT2D eigenvalue weighted by molar-refractivity contribution is 7.88. The van der Waals surface area contributed by atoms with E-state index >= 15 is 0 Å². The van der Waals surface area contributed by atoms with Crippen LogP contribution < -0.4 is 15.8 Å². The third kappa shape index (κ3) is 7.22. The summed E-state index contributed by atoms with van der Waals surface area (Å²) in [6.45, 7) is 0.390. The summed E-state index contributed by atoms with van der Waals surface area (Å²) in [4.78, 5) is 11.7. The lowest BCUT2D eigenvalue weighted by molar-refractivity contribution is -0.122. The monoisotopic (exact) mass is 299 g/mol. The van der Waals surface area contributed by atoms with Gasteiger partial charge in [-0.15, -0.1) is 0 Å². The number of carbonyl (C=O) groups excluding carboxylic acids is 1. The topological polar surface area (TPSA) is 101 Å². The molecule has 0 heterocycles. The zero-order valence-corrected chi connectivity index (χ0v) is 12.3. The number of sulfonamides is 1. The Morgan fingerprint density at radius 1 is 1.25 bits per heavy atom. The molecule has 0 saturated carbocycles. The summed E-state index contributed by atoms with van der Waals surface area (Å²) >= 11 is 0. The summed E-state index contributed by atoms with van der Waals surface area (Å²) in [5, 5.41) is 2.60. The minimum atomic E-state index is -3.22. The van der Waals surface area contributed by atoms with Crippen LogP contribution in [0.3, 0.4) is 0 Å². The van der Waals surface area contributed by atoms with E-state index < -0.39 is 16.1 Å². The standard InChI is InChI=1S/C13H21N3O3S/c1-20(18,19)16-10-9-15-13(17)12(14)8-7-11-5-3-2-4-6-11/h2-6,12,16H,7-10,14H2,1H3,(H,15,17)/t12-/m0/s1. The number of hydrogen-bond acceptors (Lipinski definition) is 4. The fourth-order valence-electron chi connectivity index (χ4n) is 1.65. The Bertz CT molecular complexity index is 517. The van der Waals surface area contributed by atoms with Crippen molar-refractivity contribution in [1.29, 1.82) is 0 Å². The molecule has 7 heteroatoms. The summed E-state index contributed by atoms with van der Waals surface area (Å²) in [5.41, 5.74) is 6.92. The number of benzene rings is 1. The SMILES string of the molecule is CS(=O)(=O)NCCNC(=O)[C@@H](N)CCc1ccccc1. The maximum Gasteiger partial charge on any atom is 0.236 e. The van der Waals surface area contributed by atoms with Gasteiger partial charge in [0.25, 0.3) is 0 Å². The highest BCUT2D eigenvalue weighted by atomic mass is 32.2. The van der Waals surface area contributed by atoms with Crippen LogP contribution in [0.25, 0.3) is 0 Å². The number of nitrogens with two attached hydrogens (primary N) is 1. The van der Waals surface area contributed by atoms with Crippen molar-refractivity contribution >= 4 is 15.9 Å². The average molecular weight is 299 g/mol. The third-order valence-electron chi connectivity index (χ3n) is 2.71. The lowest BCUT2D eigenvalue weighted by atomic mass is 10.1. The van der Waals surface area contributed by atoms with Crippen molar-refractivity contribution in [3.05, 3.63) is 35.9 Å². The molecule has 0 aromatic heterocycles. The lowest BCUT2D eigenvalue weighted by Gasteiger charge is -2.12. The maximum atomic E-state index is 11.7. The largest absolute Gasteiger partial charge is 0.353 e. The molecular weight excluding hydrogens is 278 g/mol. The summed E-state index contributed by atoms with van der Waals surface area (Å²) in [5.74, 6) is -0.267. The van der Waals surface area contributed by atoms with Crippen molar-refractivity contribution in [1.82, 2.24) is 10.0 Å². The summed E-state index contributed by atoms with van der Waals surface area (Å²) in [7, 11) is -3.22. The van der Waals surface area contributed by atoms with Crippen molar-refractivity contribution in [3.63, 3.8) is 0 Å². The Hall–Kier alpha value is -1.44. The number of rotatable bonds is 8. The summed E-state index contributed by atoms with van der Waals surface area (Å²) in [6, 6.07) is 9.20. The second-order valence-corrected chi connectivity index (χ2v) is 6.42. The van der Waals surface area contributed by atoms with Gasteiger partial charge >= 0.3 is 0 Å².